The Balaban J connectivity index is 1.73. The number of benzodiazepines with no additional fused rings is 1. The van der Waals surface area contributed by atoms with E-state index in [4.69, 9.17) is 9.73 Å². The largest absolute Gasteiger partial charge is 0.461 e. The summed E-state index contributed by atoms with van der Waals surface area (Å²) >= 11 is 0. The summed E-state index contributed by atoms with van der Waals surface area (Å²) in [5, 5.41) is 0. The highest BCUT2D eigenvalue weighted by molar-refractivity contribution is 6.20. The molecule has 1 heterocycles. The van der Waals surface area contributed by atoms with Crippen molar-refractivity contribution >= 4 is 23.3 Å². The van der Waals surface area contributed by atoms with Crippen LogP contribution in [-0.2, 0) is 20.9 Å². The van der Waals surface area contributed by atoms with Gasteiger partial charge in [-0.05, 0) is 18.1 Å². The summed E-state index contributed by atoms with van der Waals surface area (Å²) < 4.78 is 5.61. The first kappa shape index (κ1) is 22.2. The van der Waals surface area contributed by atoms with Gasteiger partial charge in [-0.15, -0.1) is 6.58 Å². The first-order valence-corrected chi connectivity index (χ1v) is 10.9. The number of para-hydroxylation sites is 1. The summed E-state index contributed by atoms with van der Waals surface area (Å²) in [6, 6.07) is 25.9. The van der Waals surface area contributed by atoms with Crippen molar-refractivity contribution in [3.63, 3.8) is 0 Å². The molecule has 1 aliphatic rings. The zero-order valence-corrected chi connectivity index (χ0v) is 18.6. The molecular formula is C28H26N2O3. The molecule has 0 aliphatic carbocycles. The number of carbonyl (C=O) groups is 2. The van der Waals surface area contributed by atoms with Gasteiger partial charge in [0, 0.05) is 18.2 Å². The quantitative estimate of drug-likeness (QED) is 0.393. The minimum Gasteiger partial charge on any atom is -0.461 e. The Morgan fingerprint density at radius 2 is 1.67 bits per heavy atom. The van der Waals surface area contributed by atoms with E-state index in [-0.39, 0.29) is 18.9 Å². The van der Waals surface area contributed by atoms with Crippen LogP contribution in [-0.4, -0.2) is 30.7 Å². The molecule has 0 spiro atoms. The molecule has 0 saturated heterocycles. The van der Waals surface area contributed by atoms with Crippen LogP contribution in [0.15, 0.2) is 103 Å². The van der Waals surface area contributed by atoms with E-state index in [0.717, 1.165) is 22.4 Å². The van der Waals surface area contributed by atoms with Crippen LogP contribution < -0.4 is 4.90 Å². The first-order chi connectivity index (χ1) is 16.1. The summed E-state index contributed by atoms with van der Waals surface area (Å²) in [5.41, 5.74) is 4.04. The maximum absolute atomic E-state index is 13.6. The predicted octanol–water partition coefficient (Wildman–Crippen LogP) is 4.80. The van der Waals surface area contributed by atoms with E-state index in [9.17, 15) is 9.59 Å². The second-order valence-electron chi connectivity index (χ2n) is 7.93. The van der Waals surface area contributed by atoms with E-state index >= 15 is 0 Å². The van der Waals surface area contributed by atoms with E-state index in [1.54, 1.807) is 18.0 Å². The van der Waals surface area contributed by atoms with Gasteiger partial charge in [-0.25, -0.2) is 0 Å². The number of aliphatic imine (C=N–C) groups is 1. The Hall–Kier alpha value is -3.99. The molecule has 1 unspecified atom stereocenters. The number of amides is 1. The van der Waals surface area contributed by atoms with Gasteiger partial charge in [0.1, 0.15) is 12.6 Å². The highest BCUT2D eigenvalue weighted by atomic mass is 16.5. The van der Waals surface area contributed by atoms with Crippen molar-refractivity contribution in [3.8, 4) is 0 Å². The van der Waals surface area contributed by atoms with Gasteiger partial charge in [-0.3, -0.25) is 14.6 Å². The lowest BCUT2D eigenvalue weighted by molar-refractivity contribution is -0.152. The zero-order chi connectivity index (χ0) is 23.2. The number of nitrogens with zero attached hydrogens (tertiary/aromatic N) is 2. The number of carbonyl (C=O) groups excluding carboxylic acids is 2. The highest BCUT2D eigenvalue weighted by Crippen LogP contribution is 2.30. The molecule has 1 aliphatic heterocycles. The maximum Gasteiger partial charge on any atom is 0.312 e. The van der Waals surface area contributed by atoms with Crippen LogP contribution in [0, 0.1) is 5.92 Å². The number of hydrogen-bond acceptors (Lipinski definition) is 4. The molecule has 3 aromatic carbocycles. The molecule has 4 rings (SSSR count). The molecule has 33 heavy (non-hydrogen) atoms. The number of fused-ring (bicyclic) bond motifs is 1. The van der Waals surface area contributed by atoms with Crippen molar-refractivity contribution in [1.82, 2.24) is 0 Å². The molecule has 0 N–H and O–H groups in total. The summed E-state index contributed by atoms with van der Waals surface area (Å²) in [6.45, 7) is 3.94. The second-order valence-corrected chi connectivity index (χ2v) is 7.93. The lowest BCUT2D eigenvalue weighted by atomic mass is 9.95. The van der Waals surface area contributed by atoms with Crippen molar-refractivity contribution in [3.05, 3.63) is 114 Å². The Kier molecular flexibility index (Phi) is 6.79. The van der Waals surface area contributed by atoms with Gasteiger partial charge in [0.2, 0.25) is 0 Å². The van der Waals surface area contributed by atoms with E-state index in [0.29, 0.717) is 5.71 Å². The highest BCUT2D eigenvalue weighted by Gasteiger charge is 2.39. The third kappa shape index (κ3) is 4.77. The molecular weight excluding hydrogens is 412 g/mol. The molecule has 0 aromatic heterocycles. The third-order valence-corrected chi connectivity index (χ3v) is 5.75. The van der Waals surface area contributed by atoms with Gasteiger partial charge < -0.3 is 9.64 Å². The normalized spacial score (nSPS) is 16.3. The molecule has 5 nitrogen and oxygen atoms in total. The van der Waals surface area contributed by atoms with Crippen molar-refractivity contribution in [1.29, 1.82) is 0 Å². The number of allylic oxidation sites excluding steroid dienone is 1. The van der Waals surface area contributed by atoms with E-state index in [2.05, 4.69) is 6.58 Å². The lowest BCUT2D eigenvalue weighted by Gasteiger charge is -2.24. The van der Waals surface area contributed by atoms with Crippen LogP contribution in [0.1, 0.15) is 23.1 Å². The molecule has 0 fully saturated rings. The number of benzene rings is 3. The van der Waals surface area contributed by atoms with Crippen LogP contribution >= 0.6 is 0 Å². The smallest absolute Gasteiger partial charge is 0.312 e. The van der Waals surface area contributed by atoms with Crippen molar-refractivity contribution in [2.45, 2.75) is 19.1 Å². The number of likely N-dealkylation sites (N-methyl/N-ethyl adjacent to an activating group) is 1. The maximum atomic E-state index is 13.6. The van der Waals surface area contributed by atoms with Crippen molar-refractivity contribution < 1.29 is 14.3 Å². The predicted molar refractivity (Wildman–Crippen MR) is 130 cm³/mol. The molecule has 2 atom stereocenters. The molecule has 1 amide bonds. The standard InChI is InChI=1S/C28H26N2O3/c1-3-12-23(28(32)33-19-20-13-6-4-7-14-20)26-27(31)30(2)24-18-11-10-17-22(24)25(29-26)21-15-8-5-9-16-21/h3-11,13-18,23,26H,1,12,19H2,2H3/t23?,26-/m0/s1. The Morgan fingerprint density at radius 3 is 2.36 bits per heavy atom. The van der Waals surface area contributed by atoms with Crippen molar-refractivity contribution in [2.75, 3.05) is 11.9 Å². The summed E-state index contributed by atoms with van der Waals surface area (Å²) in [5.74, 6) is -1.50. The monoisotopic (exact) mass is 438 g/mol. The zero-order valence-electron chi connectivity index (χ0n) is 18.6. The Labute approximate surface area is 194 Å². The number of anilines is 1. The number of ether oxygens (including phenoxy) is 1. The molecule has 0 bridgehead atoms. The van der Waals surface area contributed by atoms with E-state index in [1.807, 2.05) is 84.9 Å². The van der Waals surface area contributed by atoms with E-state index in [1.165, 1.54) is 0 Å². The lowest BCUT2D eigenvalue weighted by Crippen LogP contribution is -2.42. The van der Waals surface area contributed by atoms with Crippen molar-refractivity contribution in [2.24, 2.45) is 10.9 Å². The van der Waals surface area contributed by atoms with Gasteiger partial charge in [0.05, 0.1) is 17.3 Å². The van der Waals surface area contributed by atoms with Crippen LogP contribution in [0.25, 0.3) is 0 Å². The summed E-state index contributed by atoms with van der Waals surface area (Å²) in [7, 11) is 1.72. The van der Waals surface area contributed by atoms with Crippen LogP contribution in [0.4, 0.5) is 5.69 Å². The fourth-order valence-corrected chi connectivity index (χ4v) is 4.00. The molecule has 3 aromatic rings. The first-order valence-electron chi connectivity index (χ1n) is 10.9. The summed E-state index contributed by atoms with van der Waals surface area (Å²) in [4.78, 5) is 33.2. The van der Waals surface area contributed by atoms with Crippen LogP contribution in [0.5, 0.6) is 0 Å². The second kappa shape index (κ2) is 10.1. The molecule has 166 valence electrons. The average Bonchev–Trinajstić information content (AvgIpc) is 2.97. The number of hydrogen-bond donors (Lipinski definition) is 0. The summed E-state index contributed by atoms with van der Waals surface area (Å²) in [6.07, 6.45) is 1.91. The third-order valence-electron chi connectivity index (χ3n) is 5.75. The van der Waals surface area contributed by atoms with Gasteiger partial charge in [0.15, 0.2) is 0 Å². The van der Waals surface area contributed by atoms with Gasteiger partial charge >= 0.3 is 5.97 Å². The SMILES string of the molecule is C=CCC(C(=O)OCc1ccccc1)[C@@H]1N=C(c2ccccc2)c2ccccc2N(C)C1=O. The van der Waals surface area contributed by atoms with Gasteiger partial charge in [-0.1, -0.05) is 84.9 Å². The fraction of sp³-hybridized carbons (Fsp3) is 0.179. The van der Waals surface area contributed by atoms with Gasteiger partial charge in [0.25, 0.3) is 5.91 Å². The van der Waals surface area contributed by atoms with Crippen LogP contribution in [0.3, 0.4) is 0 Å². The molecule has 0 saturated carbocycles. The topological polar surface area (TPSA) is 59.0 Å². The minimum absolute atomic E-state index is 0.138. The molecule has 5 heteroatoms. The number of rotatable bonds is 7. The molecule has 0 radical (unpaired) electrons. The minimum atomic E-state index is -0.932. The average molecular weight is 439 g/mol. The Morgan fingerprint density at radius 1 is 1.03 bits per heavy atom. The van der Waals surface area contributed by atoms with E-state index < -0.39 is 17.9 Å². The fourth-order valence-electron chi connectivity index (χ4n) is 4.00. The Bertz CT molecular complexity index is 1170. The number of esters is 1. The van der Waals surface area contributed by atoms with Crippen LogP contribution in [0.2, 0.25) is 0 Å². The van der Waals surface area contributed by atoms with Gasteiger partial charge in [-0.2, -0.15) is 0 Å².